The molecule has 2 heterocycles. The van der Waals surface area contributed by atoms with Gasteiger partial charge in [0, 0.05) is 6.07 Å². The van der Waals surface area contributed by atoms with Crippen LogP contribution in [0.4, 0.5) is 0 Å². The molecule has 0 fully saturated rings. The quantitative estimate of drug-likeness (QED) is 0.584. The molecule has 7 heteroatoms. The van der Waals surface area contributed by atoms with Crippen LogP contribution in [0.15, 0.2) is 66.9 Å². The van der Waals surface area contributed by atoms with Gasteiger partial charge in [-0.05, 0) is 48.2 Å². The van der Waals surface area contributed by atoms with Gasteiger partial charge in [0.05, 0.1) is 0 Å². The number of hydrogen-bond acceptors (Lipinski definition) is 5. The molecule has 0 spiro atoms. The van der Waals surface area contributed by atoms with Gasteiger partial charge >= 0.3 is 34.7 Å². The number of nitrogens with zero attached hydrogens (tertiary/aromatic N) is 2. The van der Waals surface area contributed by atoms with E-state index in [9.17, 15) is 0 Å². The van der Waals surface area contributed by atoms with Gasteiger partial charge in [-0.15, -0.1) is 0 Å². The number of rotatable bonds is 2. The molecule has 25 heavy (non-hydrogen) atoms. The Bertz CT molecular complexity index is 792. The van der Waals surface area contributed by atoms with E-state index in [0.717, 1.165) is 5.82 Å². The SMILES string of the molecule is Cc1cc(-c2ccccc2)cc(C)[n+]1-c1ccccn1.[O-][Cl+](O)(O)O. The summed E-state index contributed by atoms with van der Waals surface area (Å²) in [6, 6.07) is 20.8. The zero-order chi connectivity index (χ0) is 18.4. The zero-order valence-electron chi connectivity index (χ0n) is 13.9. The van der Waals surface area contributed by atoms with Gasteiger partial charge in [-0.3, -0.25) is 0 Å². The Morgan fingerprint density at radius 3 is 1.84 bits per heavy atom. The molecule has 132 valence electrons. The van der Waals surface area contributed by atoms with E-state index in [1.54, 1.807) is 0 Å². The van der Waals surface area contributed by atoms with Crippen molar-refractivity contribution in [1.29, 1.82) is 0 Å². The van der Waals surface area contributed by atoms with Crippen molar-refractivity contribution in [2.45, 2.75) is 13.8 Å². The number of aromatic nitrogens is 2. The van der Waals surface area contributed by atoms with Gasteiger partial charge in [-0.25, -0.2) is 0 Å². The number of aryl methyl sites for hydroxylation is 2. The maximum atomic E-state index is 8.83. The van der Waals surface area contributed by atoms with E-state index in [-0.39, 0.29) is 0 Å². The molecule has 2 aromatic heterocycles. The molecule has 0 saturated heterocycles. The van der Waals surface area contributed by atoms with E-state index in [0.29, 0.717) is 0 Å². The van der Waals surface area contributed by atoms with Gasteiger partial charge in [0.15, 0.2) is 0 Å². The molecular formula is C18H20ClN2O4+. The van der Waals surface area contributed by atoms with Crippen molar-refractivity contribution < 1.29 is 33.4 Å². The minimum atomic E-state index is -4.19. The van der Waals surface area contributed by atoms with Crippen LogP contribution in [0.3, 0.4) is 0 Å². The van der Waals surface area contributed by atoms with Crippen LogP contribution in [0.2, 0.25) is 0 Å². The Morgan fingerprint density at radius 1 is 0.840 bits per heavy atom. The minimum absolute atomic E-state index is 0.960. The van der Waals surface area contributed by atoms with Gasteiger partial charge in [0.2, 0.25) is 0 Å². The van der Waals surface area contributed by atoms with Crippen molar-refractivity contribution in [3.63, 3.8) is 0 Å². The average Bonchev–Trinajstić information content (AvgIpc) is 2.54. The summed E-state index contributed by atoms with van der Waals surface area (Å²) in [7, 11) is -4.19. The molecule has 0 radical (unpaired) electrons. The summed E-state index contributed by atoms with van der Waals surface area (Å²) in [6.45, 7) is 4.24. The molecule has 0 unspecified atom stereocenters. The third-order valence-electron chi connectivity index (χ3n) is 3.42. The topological polar surface area (TPSA) is 101 Å². The molecule has 0 aliphatic rings. The van der Waals surface area contributed by atoms with E-state index in [4.69, 9.17) is 18.6 Å². The first-order valence-corrected chi connectivity index (χ1v) is 8.74. The molecule has 3 rings (SSSR count). The van der Waals surface area contributed by atoms with Crippen molar-refractivity contribution >= 4 is 0 Å². The predicted molar refractivity (Wildman–Crippen MR) is 87.3 cm³/mol. The van der Waals surface area contributed by atoms with Gasteiger partial charge in [0.25, 0.3) is 0 Å². The summed E-state index contributed by atoms with van der Waals surface area (Å²) >= 11 is 0. The van der Waals surface area contributed by atoms with Gasteiger partial charge in [-0.2, -0.15) is 4.57 Å². The number of hydrogen-bond donors (Lipinski definition) is 3. The van der Waals surface area contributed by atoms with E-state index in [1.165, 1.54) is 22.5 Å². The van der Waals surface area contributed by atoms with Gasteiger partial charge < -0.3 is 0 Å². The molecule has 0 aliphatic carbocycles. The normalized spacial score (nSPS) is 11.4. The first kappa shape index (κ1) is 19.0. The fraction of sp³-hybridized carbons (Fsp3) is 0.111. The molecule has 3 N–H and O–H groups in total. The second-order valence-corrected chi connectivity index (χ2v) is 6.22. The van der Waals surface area contributed by atoms with Crippen LogP contribution in [-0.2, 0) is 0 Å². The number of benzene rings is 1. The molecular weight excluding hydrogens is 344 g/mol. The van der Waals surface area contributed by atoms with E-state index >= 15 is 0 Å². The Hall–Kier alpha value is -2.35. The number of pyridine rings is 2. The summed E-state index contributed by atoms with van der Waals surface area (Å²) in [5.41, 5.74) is 4.85. The molecule has 0 atom stereocenters. The van der Waals surface area contributed by atoms with Gasteiger partial charge in [-0.1, -0.05) is 36.4 Å². The predicted octanol–water partition coefficient (Wildman–Crippen LogP) is 0.782. The van der Waals surface area contributed by atoms with Crippen molar-refractivity contribution in [3.8, 4) is 16.9 Å². The Kier molecular flexibility index (Phi) is 6.19. The van der Waals surface area contributed by atoms with Crippen LogP contribution < -0.4 is 9.23 Å². The Morgan fingerprint density at radius 2 is 1.36 bits per heavy atom. The van der Waals surface area contributed by atoms with Gasteiger partial charge in [0.1, 0.15) is 17.6 Å². The van der Waals surface area contributed by atoms with Crippen LogP contribution >= 0.6 is 0 Å². The van der Waals surface area contributed by atoms with Crippen LogP contribution in [0, 0.1) is 24.1 Å². The third kappa shape index (κ3) is 5.90. The van der Waals surface area contributed by atoms with Crippen LogP contribution in [0.25, 0.3) is 16.9 Å². The molecule has 0 bridgehead atoms. The van der Waals surface area contributed by atoms with Crippen molar-refractivity contribution in [2.24, 2.45) is 0 Å². The molecule has 6 nitrogen and oxygen atoms in total. The van der Waals surface area contributed by atoms with E-state index in [2.05, 4.69) is 59.8 Å². The zero-order valence-corrected chi connectivity index (χ0v) is 14.6. The second-order valence-electron chi connectivity index (χ2n) is 5.35. The van der Waals surface area contributed by atoms with Crippen LogP contribution in [-0.4, -0.2) is 19.0 Å². The maximum absolute atomic E-state index is 8.83. The molecule has 0 aliphatic heterocycles. The summed E-state index contributed by atoms with van der Waals surface area (Å²) in [5, 5.41) is 0. The third-order valence-corrected chi connectivity index (χ3v) is 3.42. The fourth-order valence-electron chi connectivity index (χ4n) is 2.54. The fourth-order valence-corrected chi connectivity index (χ4v) is 2.54. The summed E-state index contributed by atoms with van der Waals surface area (Å²) in [4.78, 5) is 4.44. The van der Waals surface area contributed by atoms with Crippen LogP contribution in [0.5, 0.6) is 0 Å². The monoisotopic (exact) mass is 363 g/mol. The Labute approximate surface area is 148 Å². The molecule has 0 saturated carbocycles. The molecule has 0 amide bonds. The Balaban J connectivity index is 0.000000399. The molecule has 3 aromatic rings. The molecule has 1 aromatic carbocycles. The average molecular weight is 364 g/mol. The summed E-state index contributed by atoms with van der Waals surface area (Å²) in [5.74, 6) is 0.960. The first-order valence-electron chi connectivity index (χ1n) is 7.42. The van der Waals surface area contributed by atoms with Crippen molar-refractivity contribution in [2.75, 3.05) is 0 Å². The van der Waals surface area contributed by atoms with Crippen LogP contribution in [0.1, 0.15) is 11.4 Å². The number of halogens is 1. The van der Waals surface area contributed by atoms with E-state index < -0.39 is 10.2 Å². The summed E-state index contributed by atoms with van der Waals surface area (Å²) < 4.78 is 32.4. The standard InChI is InChI=1S/C18H17N2.ClH3O4/c1-14-12-17(16-8-4-3-5-9-16)13-15(2)20(14)18-10-6-7-11-19-18;2-1(3,4)5/h3-13H,1-2H3;2-4H/q+1;. The van der Waals surface area contributed by atoms with Crippen molar-refractivity contribution in [3.05, 3.63) is 78.2 Å². The second kappa shape index (κ2) is 8.15. The van der Waals surface area contributed by atoms with Crippen molar-refractivity contribution in [1.82, 2.24) is 4.98 Å². The summed E-state index contributed by atoms with van der Waals surface area (Å²) in [6.07, 6.45) is 1.83. The van der Waals surface area contributed by atoms with E-state index in [1.807, 2.05) is 30.5 Å². The first-order chi connectivity index (χ1) is 11.8.